The van der Waals surface area contributed by atoms with Gasteiger partial charge in [0, 0.05) is 38.1 Å². The molecule has 0 aliphatic heterocycles. The van der Waals surface area contributed by atoms with Crippen molar-refractivity contribution in [1.29, 1.82) is 0 Å². The van der Waals surface area contributed by atoms with Crippen molar-refractivity contribution in [2.75, 3.05) is 32.1 Å². The van der Waals surface area contributed by atoms with E-state index in [0.717, 1.165) is 50.3 Å². The van der Waals surface area contributed by atoms with E-state index in [9.17, 15) is 4.79 Å². The van der Waals surface area contributed by atoms with Crippen LogP contribution in [0.15, 0.2) is 12.1 Å². The number of hydrogen-bond acceptors (Lipinski definition) is 4. The molecule has 2 N–H and O–H groups in total. The van der Waals surface area contributed by atoms with Crippen molar-refractivity contribution >= 4 is 11.7 Å². The summed E-state index contributed by atoms with van der Waals surface area (Å²) in [5, 5.41) is 6.17. The van der Waals surface area contributed by atoms with Crippen molar-refractivity contribution in [1.82, 2.24) is 10.3 Å². The van der Waals surface area contributed by atoms with Crippen LogP contribution in [0.5, 0.6) is 0 Å². The molecule has 0 saturated carbocycles. The number of unbranched alkanes of at least 4 members (excludes halogenated alkanes) is 2. The number of aromatic nitrogens is 1. The molecule has 1 aromatic heterocycles. The molecule has 1 aromatic rings. The zero-order chi connectivity index (χ0) is 15.5. The van der Waals surface area contributed by atoms with Gasteiger partial charge >= 0.3 is 0 Å². The molecule has 0 aromatic carbocycles. The molecule has 0 bridgehead atoms. The summed E-state index contributed by atoms with van der Waals surface area (Å²) in [6.07, 6.45) is 4.09. The predicted molar refractivity (Wildman–Crippen MR) is 85.8 cm³/mol. The number of hydrogen-bond donors (Lipinski definition) is 2. The van der Waals surface area contributed by atoms with Crippen LogP contribution in [-0.2, 0) is 4.74 Å². The summed E-state index contributed by atoms with van der Waals surface area (Å²) in [5.74, 6) is 0.730. The predicted octanol–water partition coefficient (Wildman–Crippen LogP) is 2.76. The standard InChI is InChI=1S/C16H27N3O2/c1-4-8-17-15-12-14(11-13(2)19-15)16(20)18-9-6-5-7-10-21-3/h11-12H,4-10H2,1-3H3,(H,17,19)(H,18,20). The van der Waals surface area contributed by atoms with E-state index in [4.69, 9.17) is 4.74 Å². The molecule has 0 saturated heterocycles. The highest BCUT2D eigenvalue weighted by atomic mass is 16.5. The second kappa shape index (κ2) is 10.2. The Morgan fingerprint density at radius 1 is 1.24 bits per heavy atom. The number of nitrogens with one attached hydrogen (secondary N) is 2. The topological polar surface area (TPSA) is 63.2 Å². The van der Waals surface area contributed by atoms with Crippen LogP contribution in [0.25, 0.3) is 0 Å². The van der Waals surface area contributed by atoms with Crippen LogP contribution in [0.1, 0.15) is 48.7 Å². The number of rotatable bonds is 10. The molecule has 118 valence electrons. The highest BCUT2D eigenvalue weighted by molar-refractivity contribution is 5.94. The first-order valence-corrected chi connectivity index (χ1v) is 7.67. The van der Waals surface area contributed by atoms with E-state index in [2.05, 4.69) is 22.5 Å². The number of nitrogens with zero attached hydrogens (tertiary/aromatic N) is 1. The molecule has 0 unspecified atom stereocenters. The first-order chi connectivity index (χ1) is 10.2. The summed E-state index contributed by atoms with van der Waals surface area (Å²) in [5.41, 5.74) is 1.51. The van der Waals surface area contributed by atoms with Crippen molar-refractivity contribution in [2.24, 2.45) is 0 Å². The Kier molecular flexibility index (Phi) is 8.43. The van der Waals surface area contributed by atoms with Crippen molar-refractivity contribution in [3.63, 3.8) is 0 Å². The Balaban J connectivity index is 2.44. The van der Waals surface area contributed by atoms with E-state index in [1.54, 1.807) is 7.11 Å². The van der Waals surface area contributed by atoms with Gasteiger partial charge < -0.3 is 15.4 Å². The van der Waals surface area contributed by atoms with E-state index >= 15 is 0 Å². The van der Waals surface area contributed by atoms with Gasteiger partial charge in [0.05, 0.1) is 0 Å². The minimum Gasteiger partial charge on any atom is -0.385 e. The lowest BCUT2D eigenvalue weighted by molar-refractivity contribution is 0.0952. The molecule has 21 heavy (non-hydrogen) atoms. The average molecular weight is 293 g/mol. The van der Waals surface area contributed by atoms with Crippen molar-refractivity contribution in [3.8, 4) is 0 Å². The largest absolute Gasteiger partial charge is 0.385 e. The van der Waals surface area contributed by atoms with Crippen LogP contribution in [0, 0.1) is 6.92 Å². The maximum absolute atomic E-state index is 12.1. The first-order valence-electron chi connectivity index (χ1n) is 7.67. The van der Waals surface area contributed by atoms with Gasteiger partial charge in [0.15, 0.2) is 0 Å². The Morgan fingerprint density at radius 3 is 2.76 bits per heavy atom. The number of carbonyl (C=O) groups is 1. The molecule has 0 radical (unpaired) electrons. The summed E-state index contributed by atoms with van der Waals surface area (Å²) in [6.45, 7) is 6.33. The smallest absolute Gasteiger partial charge is 0.251 e. The maximum Gasteiger partial charge on any atom is 0.251 e. The third kappa shape index (κ3) is 7.09. The van der Waals surface area contributed by atoms with Gasteiger partial charge in [-0.05, 0) is 44.7 Å². The Labute approximate surface area is 127 Å². The molecule has 5 heteroatoms. The summed E-state index contributed by atoms with van der Waals surface area (Å²) in [4.78, 5) is 16.5. The Bertz CT molecular complexity index is 436. The zero-order valence-corrected chi connectivity index (χ0v) is 13.4. The molecule has 0 aliphatic rings. The maximum atomic E-state index is 12.1. The van der Waals surface area contributed by atoms with Gasteiger partial charge in [-0.2, -0.15) is 0 Å². The number of ether oxygens (including phenoxy) is 1. The van der Waals surface area contributed by atoms with Gasteiger partial charge in [-0.1, -0.05) is 6.92 Å². The number of methoxy groups -OCH3 is 1. The number of anilines is 1. The normalized spacial score (nSPS) is 10.4. The molecular formula is C16H27N3O2. The fourth-order valence-corrected chi connectivity index (χ4v) is 2.00. The van der Waals surface area contributed by atoms with E-state index in [0.29, 0.717) is 12.1 Å². The SMILES string of the molecule is CCCNc1cc(C(=O)NCCCCCOC)cc(C)n1. The summed E-state index contributed by atoms with van der Waals surface area (Å²) in [6, 6.07) is 3.63. The van der Waals surface area contributed by atoms with Gasteiger partial charge in [-0.25, -0.2) is 4.98 Å². The van der Waals surface area contributed by atoms with Gasteiger partial charge in [0.2, 0.25) is 0 Å². The Morgan fingerprint density at radius 2 is 2.05 bits per heavy atom. The average Bonchev–Trinajstić information content (AvgIpc) is 2.48. The van der Waals surface area contributed by atoms with Crippen LogP contribution in [0.4, 0.5) is 5.82 Å². The van der Waals surface area contributed by atoms with Gasteiger partial charge in [0.25, 0.3) is 5.91 Å². The fourth-order valence-electron chi connectivity index (χ4n) is 2.00. The minimum atomic E-state index is -0.0354. The zero-order valence-electron chi connectivity index (χ0n) is 13.4. The number of aryl methyl sites for hydroxylation is 1. The molecule has 1 amide bonds. The van der Waals surface area contributed by atoms with Crippen molar-refractivity contribution < 1.29 is 9.53 Å². The van der Waals surface area contributed by atoms with Crippen LogP contribution >= 0.6 is 0 Å². The van der Waals surface area contributed by atoms with Gasteiger partial charge in [0.1, 0.15) is 5.82 Å². The summed E-state index contributed by atoms with van der Waals surface area (Å²) < 4.78 is 5.00. The van der Waals surface area contributed by atoms with Crippen LogP contribution in [-0.4, -0.2) is 37.7 Å². The molecular weight excluding hydrogens is 266 g/mol. The number of amides is 1. The number of carbonyl (C=O) groups excluding carboxylic acids is 1. The van der Waals surface area contributed by atoms with Crippen molar-refractivity contribution in [2.45, 2.75) is 39.5 Å². The molecule has 0 fully saturated rings. The van der Waals surface area contributed by atoms with E-state index in [-0.39, 0.29) is 5.91 Å². The summed E-state index contributed by atoms with van der Waals surface area (Å²) in [7, 11) is 1.71. The third-order valence-electron chi connectivity index (χ3n) is 3.08. The third-order valence-corrected chi connectivity index (χ3v) is 3.08. The summed E-state index contributed by atoms with van der Waals surface area (Å²) >= 11 is 0. The lowest BCUT2D eigenvalue weighted by Gasteiger charge is -2.09. The Hall–Kier alpha value is -1.62. The molecule has 0 spiro atoms. The van der Waals surface area contributed by atoms with Crippen LogP contribution in [0.3, 0.4) is 0 Å². The number of pyridine rings is 1. The fraction of sp³-hybridized carbons (Fsp3) is 0.625. The van der Waals surface area contributed by atoms with Gasteiger partial charge in [-0.15, -0.1) is 0 Å². The van der Waals surface area contributed by atoms with Gasteiger partial charge in [-0.3, -0.25) is 4.79 Å². The van der Waals surface area contributed by atoms with E-state index in [1.165, 1.54) is 0 Å². The van der Waals surface area contributed by atoms with E-state index in [1.807, 2.05) is 19.1 Å². The molecule has 1 rings (SSSR count). The molecule has 1 heterocycles. The van der Waals surface area contributed by atoms with E-state index < -0.39 is 0 Å². The molecule has 0 atom stereocenters. The first kappa shape index (κ1) is 17.4. The monoisotopic (exact) mass is 293 g/mol. The molecule has 0 aliphatic carbocycles. The highest BCUT2D eigenvalue weighted by Gasteiger charge is 2.08. The van der Waals surface area contributed by atoms with Crippen LogP contribution < -0.4 is 10.6 Å². The second-order valence-electron chi connectivity index (χ2n) is 5.12. The lowest BCUT2D eigenvalue weighted by Crippen LogP contribution is -2.24. The van der Waals surface area contributed by atoms with Crippen molar-refractivity contribution in [3.05, 3.63) is 23.4 Å². The highest BCUT2D eigenvalue weighted by Crippen LogP contribution is 2.10. The minimum absolute atomic E-state index is 0.0354. The quantitative estimate of drug-likeness (QED) is 0.651. The molecule has 5 nitrogen and oxygen atoms in total. The second-order valence-corrected chi connectivity index (χ2v) is 5.12. The lowest BCUT2D eigenvalue weighted by atomic mass is 10.2. The van der Waals surface area contributed by atoms with Crippen LogP contribution in [0.2, 0.25) is 0 Å².